The molecule has 0 aromatic carbocycles. The molecular formula is C20H25ClN4O. The normalized spacial score (nSPS) is 25.5. The van der Waals surface area contributed by atoms with Gasteiger partial charge in [0.25, 0.3) is 5.91 Å². The summed E-state index contributed by atoms with van der Waals surface area (Å²) in [7, 11) is 0. The second-order valence-electron chi connectivity index (χ2n) is 7.94. The first-order valence-corrected chi connectivity index (χ1v) is 9.81. The second-order valence-corrected chi connectivity index (χ2v) is 8.35. The van der Waals surface area contributed by atoms with Gasteiger partial charge < -0.3 is 5.32 Å². The van der Waals surface area contributed by atoms with Gasteiger partial charge in [-0.15, -0.1) is 0 Å². The Kier molecular flexibility index (Phi) is 4.51. The highest BCUT2D eigenvalue weighted by atomic mass is 35.5. The lowest BCUT2D eigenvalue weighted by atomic mass is 9.84. The number of aryl methyl sites for hydroxylation is 2. The number of aromatic nitrogens is 3. The van der Waals surface area contributed by atoms with Crippen molar-refractivity contribution in [2.45, 2.75) is 52.5 Å². The first kappa shape index (κ1) is 17.5. The predicted octanol–water partition coefficient (Wildman–Crippen LogP) is 4.09. The van der Waals surface area contributed by atoms with Crippen molar-refractivity contribution < 1.29 is 4.79 Å². The van der Waals surface area contributed by atoms with Crippen LogP contribution in [0.5, 0.6) is 0 Å². The van der Waals surface area contributed by atoms with E-state index >= 15 is 0 Å². The Bertz CT molecular complexity index is 846. The SMILES string of the molecule is Cc1cc(C)n(-c2ccc(Cl)c(C(=O)NC(C)C3CC4CCC3C4)n2)n1. The standard InChI is InChI=1S/C20H25ClN4O/c1-11-8-12(2)25(24-11)18-7-6-17(21)19(23-18)20(26)22-13(3)16-10-14-4-5-15(16)9-14/h6-8,13-16H,4-5,9-10H2,1-3H3,(H,22,26). The lowest BCUT2D eigenvalue weighted by molar-refractivity contribution is 0.0910. The summed E-state index contributed by atoms with van der Waals surface area (Å²) in [5.74, 6) is 2.61. The zero-order chi connectivity index (χ0) is 18.4. The van der Waals surface area contributed by atoms with Gasteiger partial charge in [0.05, 0.1) is 10.7 Å². The van der Waals surface area contributed by atoms with Crippen LogP contribution in [-0.4, -0.2) is 26.7 Å². The third kappa shape index (κ3) is 3.13. The molecule has 2 fully saturated rings. The second kappa shape index (κ2) is 6.69. The van der Waals surface area contributed by atoms with Gasteiger partial charge in [0.1, 0.15) is 5.69 Å². The zero-order valence-electron chi connectivity index (χ0n) is 15.5. The molecule has 26 heavy (non-hydrogen) atoms. The highest BCUT2D eigenvalue weighted by Crippen LogP contribution is 2.49. The van der Waals surface area contributed by atoms with Crippen molar-refractivity contribution in [3.63, 3.8) is 0 Å². The van der Waals surface area contributed by atoms with E-state index in [0.29, 0.717) is 16.8 Å². The van der Waals surface area contributed by atoms with Crippen molar-refractivity contribution in [3.05, 3.63) is 40.3 Å². The molecule has 1 amide bonds. The Hall–Kier alpha value is -1.88. The van der Waals surface area contributed by atoms with Gasteiger partial charge in [-0.25, -0.2) is 9.67 Å². The highest BCUT2D eigenvalue weighted by molar-refractivity contribution is 6.33. The predicted molar refractivity (Wildman–Crippen MR) is 102 cm³/mol. The van der Waals surface area contributed by atoms with Gasteiger partial charge in [-0.05, 0) is 76.0 Å². The third-order valence-corrected chi connectivity index (χ3v) is 6.37. The number of carbonyl (C=O) groups excluding carboxylic acids is 1. The minimum absolute atomic E-state index is 0.146. The number of pyridine rings is 1. The fourth-order valence-electron chi connectivity index (χ4n) is 4.86. The van der Waals surface area contributed by atoms with Crippen molar-refractivity contribution in [1.82, 2.24) is 20.1 Å². The van der Waals surface area contributed by atoms with Crippen LogP contribution < -0.4 is 5.32 Å². The Labute approximate surface area is 159 Å². The smallest absolute Gasteiger partial charge is 0.271 e. The van der Waals surface area contributed by atoms with Crippen LogP contribution in [-0.2, 0) is 0 Å². The molecule has 4 atom stereocenters. The summed E-state index contributed by atoms with van der Waals surface area (Å²) in [5.41, 5.74) is 2.15. The molecule has 2 aromatic rings. The number of fused-ring (bicyclic) bond motifs is 2. The summed E-state index contributed by atoms with van der Waals surface area (Å²) in [6.07, 6.45) is 5.23. The van der Waals surface area contributed by atoms with Crippen LogP contribution in [0.15, 0.2) is 18.2 Å². The average Bonchev–Trinajstić information content (AvgIpc) is 3.30. The number of carbonyl (C=O) groups is 1. The highest BCUT2D eigenvalue weighted by Gasteiger charge is 2.42. The van der Waals surface area contributed by atoms with Crippen LogP contribution in [0.4, 0.5) is 0 Å². The molecule has 4 unspecified atom stereocenters. The van der Waals surface area contributed by atoms with E-state index in [1.807, 2.05) is 19.9 Å². The monoisotopic (exact) mass is 372 g/mol. The van der Waals surface area contributed by atoms with E-state index in [9.17, 15) is 4.79 Å². The van der Waals surface area contributed by atoms with Gasteiger partial charge in [0.15, 0.2) is 5.82 Å². The summed E-state index contributed by atoms with van der Waals surface area (Å²) in [6, 6.07) is 5.63. The van der Waals surface area contributed by atoms with Crippen LogP contribution >= 0.6 is 11.6 Å². The summed E-state index contributed by atoms with van der Waals surface area (Å²) >= 11 is 6.28. The molecule has 2 aliphatic rings. The van der Waals surface area contributed by atoms with Crippen LogP contribution in [0, 0.1) is 31.6 Å². The number of rotatable bonds is 4. The molecule has 2 aliphatic carbocycles. The minimum atomic E-state index is -0.200. The van der Waals surface area contributed by atoms with Gasteiger partial charge in [-0.1, -0.05) is 18.0 Å². The molecule has 2 heterocycles. The molecule has 138 valence electrons. The Morgan fingerprint density at radius 3 is 2.73 bits per heavy atom. The lowest BCUT2D eigenvalue weighted by Crippen LogP contribution is -2.40. The van der Waals surface area contributed by atoms with E-state index in [1.54, 1.807) is 16.8 Å². The van der Waals surface area contributed by atoms with Crippen molar-refractivity contribution in [1.29, 1.82) is 0 Å². The maximum absolute atomic E-state index is 12.8. The number of hydrogen-bond donors (Lipinski definition) is 1. The number of hydrogen-bond acceptors (Lipinski definition) is 3. The fourth-order valence-corrected chi connectivity index (χ4v) is 5.05. The van der Waals surface area contributed by atoms with Crippen molar-refractivity contribution in [2.24, 2.45) is 17.8 Å². The molecule has 6 heteroatoms. The molecule has 0 aliphatic heterocycles. The molecule has 2 aromatic heterocycles. The van der Waals surface area contributed by atoms with Gasteiger partial charge >= 0.3 is 0 Å². The van der Waals surface area contributed by atoms with Gasteiger partial charge in [0.2, 0.25) is 0 Å². The minimum Gasteiger partial charge on any atom is -0.348 e. The topological polar surface area (TPSA) is 59.8 Å². The van der Waals surface area contributed by atoms with E-state index in [4.69, 9.17) is 11.6 Å². The molecular weight excluding hydrogens is 348 g/mol. The first-order chi connectivity index (χ1) is 12.4. The summed E-state index contributed by atoms with van der Waals surface area (Å²) < 4.78 is 1.74. The fraction of sp³-hybridized carbons (Fsp3) is 0.550. The summed E-state index contributed by atoms with van der Waals surface area (Å²) in [6.45, 7) is 6.01. The number of amides is 1. The first-order valence-electron chi connectivity index (χ1n) is 9.43. The zero-order valence-corrected chi connectivity index (χ0v) is 16.3. The molecule has 2 bridgehead atoms. The average molecular weight is 373 g/mol. The van der Waals surface area contributed by atoms with Crippen LogP contribution in [0.3, 0.4) is 0 Å². The van der Waals surface area contributed by atoms with Crippen molar-refractivity contribution >= 4 is 17.5 Å². The van der Waals surface area contributed by atoms with Gasteiger partial charge in [-0.3, -0.25) is 4.79 Å². The Morgan fingerprint density at radius 1 is 1.31 bits per heavy atom. The molecule has 4 rings (SSSR count). The Balaban J connectivity index is 1.54. The molecule has 0 saturated heterocycles. The van der Waals surface area contributed by atoms with E-state index in [-0.39, 0.29) is 17.6 Å². The molecule has 5 nitrogen and oxygen atoms in total. The molecule has 1 N–H and O–H groups in total. The largest absolute Gasteiger partial charge is 0.348 e. The number of nitrogens with zero attached hydrogens (tertiary/aromatic N) is 3. The van der Waals surface area contributed by atoms with Gasteiger partial charge in [-0.2, -0.15) is 5.10 Å². The van der Waals surface area contributed by atoms with Crippen LogP contribution in [0.1, 0.15) is 54.5 Å². The lowest BCUT2D eigenvalue weighted by Gasteiger charge is -2.28. The molecule has 2 saturated carbocycles. The van der Waals surface area contributed by atoms with Crippen LogP contribution in [0.25, 0.3) is 5.82 Å². The van der Waals surface area contributed by atoms with Gasteiger partial charge in [0, 0.05) is 11.7 Å². The maximum Gasteiger partial charge on any atom is 0.271 e. The summed E-state index contributed by atoms with van der Waals surface area (Å²) in [4.78, 5) is 17.3. The number of nitrogens with one attached hydrogen (secondary N) is 1. The van der Waals surface area contributed by atoms with E-state index in [1.165, 1.54) is 25.7 Å². The van der Waals surface area contributed by atoms with Crippen molar-refractivity contribution in [3.8, 4) is 5.82 Å². The van der Waals surface area contributed by atoms with Crippen LogP contribution in [0.2, 0.25) is 5.02 Å². The van der Waals surface area contributed by atoms with Crippen molar-refractivity contribution in [2.75, 3.05) is 0 Å². The quantitative estimate of drug-likeness (QED) is 0.879. The maximum atomic E-state index is 12.8. The molecule has 0 spiro atoms. The summed E-state index contributed by atoms with van der Waals surface area (Å²) in [5, 5.41) is 7.95. The van der Waals surface area contributed by atoms with E-state index in [0.717, 1.165) is 23.2 Å². The van der Waals surface area contributed by atoms with E-state index < -0.39 is 0 Å². The van der Waals surface area contributed by atoms with E-state index in [2.05, 4.69) is 22.3 Å². The number of halogens is 1. The Morgan fingerprint density at radius 2 is 2.12 bits per heavy atom. The molecule has 0 radical (unpaired) electrons. The third-order valence-electron chi connectivity index (χ3n) is 6.07.